The highest BCUT2D eigenvalue weighted by atomic mass is 28.4. The molecule has 0 aliphatic heterocycles. The smallest absolute Gasteiger partial charge is 0.184 e. The van der Waals surface area contributed by atoms with Crippen LogP contribution in [0.25, 0.3) is 6.08 Å². The topological polar surface area (TPSA) is 26.3 Å². The molecule has 18 heavy (non-hydrogen) atoms. The lowest BCUT2D eigenvalue weighted by molar-refractivity contribution is -0.112. The molecule has 1 aromatic rings. The first-order valence-corrected chi connectivity index (χ1v) is 9.69. The van der Waals surface area contributed by atoms with Crippen molar-refractivity contribution in [2.75, 3.05) is 0 Å². The molecule has 0 aromatic heterocycles. The van der Waals surface area contributed by atoms with E-state index in [1.54, 1.807) is 0 Å². The average molecular weight is 262 g/mol. The number of benzene rings is 1. The molecule has 0 aliphatic rings. The first-order valence-electron chi connectivity index (χ1n) is 6.29. The first-order chi connectivity index (χ1) is 8.42. The number of rotatable bonds is 6. The number of hydrogen-bond donors (Lipinski definition) is 0. The molecular weight excluding hydrogens is 240 g/mol. The largest absolute Gasteiger partial charge is 0.411 e. The van der Waals surface area contributed by atoms with E-state index in [9.17, 15) is 4.79 Å². The van der Waals surface area contributed by atoms with Crippen LogP contribution in [0.15, 0.2) is 36.4 Å². The minimum absolute atomic E-state index is 0.114. The van der Waals surface area contributed by atoms with E-state index in [0.29, 0.717) is 0 Å². The summed E-state index contributed by atoms with van der Waals surface area (Å²) < 4.78 is 6.03. The van der Waals surface area contributed by atoms with Gasteiger partial charge < -0.3 is 9.22 Å². The van der Waals surface area contributed by atoms with Gasteiger partial charge in [-0.3, -0.25) is 0 Å². The summed E-state index contributed by atoms with van der Waals surface area (Å²) in [6.07, 6.45) is 4.84. The zero-order valence-electron chi connectivity index (χ0n) is 11.6. The summed E-state index contributed by atoms with van der Waals surface area (Å²) in [6, 6.07) is 10.1. The molecule has 0 spiro atoms. The van der Waals surface area contributed by atoms with Gasteiger partial charge in [0.2, 0.25) is 0 Å². The van der Waals surface area contributed by atoms with Gasteiger partial charge in [0.1, 0.15) is 6.29 Å². The van der Waals surface area contributed by atoms with E-state index in [2.05, 4.69) is 19.6 Å². The first kappa shape index (κ1) is 14.9. The third-order valence-electron chi connectivity index (χ3n) is 2.50. The van der Waals surface area contributed by atoms with E-state index in [0.717, 1.165) is 11.8 Å². The molecule has 1 rings (SSSR count). The van der Waals surface area contributed by atoms with Crippen molar-refractivity contribution in [2.45, 2.75) is 32.7 Å². The van der Waals surface area contributed by atoms with Gasteiger partial charge in [-0.1, -0.05) is 49.4 Å². The zero-order valence-corrected chi connectivity index (χ0v) is 12.6. The summed E-state index contributed by atoms with van der Waals surface area (Å²) in [4.78, 5) is 10.9. The van der Waals surface area contributed by atoms with Crippen LogP contribution >= 0.6 is 0 Å². The van der Waals surface area contributed by atoms with Crippen LogP contribution in [0.2, 0.25) is 19.6 Å². The lowest BCUT2D eigenvalue weighted by Gasteiger charge is -2.26. The Balaban J connectivity index is 2.78. The molecule has 0 aliphatic carbocycles. The second-order valence-corrected chi connectivity index (χ2v) is 9.92. The van der Waals surface area contributed by atoms with E-state index in [4.69, 9.17) is 4.43 Å². The fraction of sp³-hybridized carbons (Fsp3) is 0.400. The van der Waals surface area contributed by atoms with E-state index in [1.165, 1.54) is 0 Å². The predicted octanol–water partition coefficient (Wildman–Crippen LogP) is 3.75. The van der Waals surface area contributed by atoms with Crippen LogP contribution in [-0.2, 0) is 9.22 Å². The lowest BCUT2D eigenvalue weighted by atomic mass is 10.1. The highest BCUT2D eigenvalue weighted by Crippen LogP contribution is 2.16. The van der Waals surface area contributed by atoms with Gasteiger partial charge in [0.15, 0.2) is 8.32 Å². The molecule has 0 bridgehead atoms. The van der Waals surface area contributed by atoms with E-state index in [-0.39, 0.29) is 12.0 Å². The maximum Gasteiger partial charge on any atom is 0.184 e. The molecule has 0 heterocycles. The molecule has 0 saturated carbocycles. The summed E-state index contributed by atoms with van der Waals surface area (Å²) in [7, 11) is -1.65. The Kier molecular flexibility index (Phi) is 5.50. The van der Waals surface area contributed by atoms with Crippen molar-refractivity contribution in [2.24, 2.45) is 5.92 Å². The zero-order chi connectivity index (χ0) is 13.6. The van der Waals surface area contributed by atoms with Gasteiger partial charge in [-0.25, -0.2) is 0 Å². The quantitative estimate of drug-likeness (QED) is 0.576. The Labute approximate surface area is 111 Å². The molecule has 3 heteroatoms. The van der Waals surface area contributed by atoms with Crippen molar-refractivity contribution in [3.05, 3.63) is 42.0 Å². The van der Waals surface area contributed by atoms with Crippen LogP contribution in [0.4, 0.5) is 0 Å². The number of carbonyl (C=O) groups is 1. The maximum absolute atomic E-state index is 10.9. The monoisotopic (exact) mass is 262 g/mol. The van der Waals surface area contributed by atoms with E-state index in [1.807, 2.05) is 49.4 Å². The Morgan fingerprint density at radius 1 is 1.17 bits per heavy atom. The van der Waals surface area contributed by atoms with Crippen LogP contribution < -0.4 is 0 Å². The number of aldehydes is 1. The Morgan fingerprint density at radius 2 is 1.78 bits per heavy atom. The van der Waals surface area contributed by atoms with Crippen molar-refractivity contribution >= 4 is 20.7 Å². The highest BCUT2D eigenvalue weighted by Gasteiger charge is 2.23. The summed E-state index contributed by atoms with van der Waals surface area (Å²) in [5.74, 6) is -0.114. The van der Waals surface area contributed by atoms with Crippen molar-refractivity contribution in [1.29, 1.82) is 0 Å². The van der Waals surface area contributed by atoms with Crippen LogP contribution in [0.1, 0.15) is 12.5 Å². The fourth-order valence-corrected chi connectivity index (χ4v) is 2.69. The van der Waals surface area contributed by atoms with Gasteiger partial charge in [-0.2, -0.15) is 0 Å². The summed E-state index contributed by atoms with van der Waals surface area (Å²) >= 11 is 0. The predicted molar refractivity (Wildman–Crippen MR) is 78.9 cm³/mol. The van der Waals surface area contributed by atoms with Crippen LogP contribution in [-0.4, -0.2) is 20.7 Å². The normalized spacial score (nSPS) is 15.6. The number of carbonyl (C=O) groups excluding carboxylic acids is 1. The second-order valence-electron chi connectivity index (χ2n) is 5.46. The Hall–Kier alpha value is -1.19. The SMILES string of the molecule is C[C@@H](C=O)[C@H](/C=C/c1ccccc1)O[Si](C)(C)C. The van der Waals surface area contributed by atoms with Crippen molar-refractivity contribution in [3.8, 4) is 0 Å². The van der Waals surface area contributed by atoms with Gasteiger partial charge in [0.05, 0.1) is 6.10 Å². The molecule has 98 valence electrons. The molecule has 2 atom stereocenters. The Morgan fingerprint density at radius 3 is 2.28 bits per heavy atom. The average Bonchev–Trinajstić information content (AvgIpc) is 2.33. The minimum atomic E-state index is -1.65. The lowest BCUT2D eigenvalue weighted by Crippen LogP contribution is -2.34. The van der Waals surface area contributed by atoms with Crippen molar-refractivity contribution in [1.82, 2.24) is 0 Å². The molecular formula is C15H22O2Si. The minimum Gasteiger partial charge on any atom is -0.411 e. The van der Waals surface area contributed by atoms with Gasteiger partial charge in [-0.05, 0) is 25.2 Å². The van der Waals surface area contributed by atoms with Crippen molar-refractivity contribution in [3.63, 3.8) is 0 Å². The summed E-state index contributed by atoms with van der Waals surface area (Å²) in [5, 5.41) is 0. The molecule has 1 aromatic carbocycles. The third kappa shape index (κ3) is 5.43. The van der Waals surface area contributed by atoms with Gasteiger partial charge in [0.25, 0.3) is 0 Å². The highest BCUT2D eigenvalue weighted by molar-refractivity contribution is 6.69. The molecule has 0 unspecified atom stereocenters. The van der Waals surface area contributed by atoms with Crippen LogP contribution in [0.5, 0.6) is 0 Å². The number of hydrogen-bond acceptors (Lipinski definition) is 2. The fourth-order valence-electron chi connectivity index (χ4n) is 1.58. The molecule has 0 fully saturated rings. The third-order valence-corrected chi connectivity index (χ3v) is 3.48. The second kappa shape index (κ2) is 6.66. The maximum atomic E-state index is 10.9. The molecule has 0 N–H and O–H groups in total. The van der Waals surface area contributed by atoms with E-state index < -0.39 is 8.32 Å². The standard InChI is InChI=1S/C15H22O2Si/c1-13(12-16)15(17-18(2,3)4)11-10-14-8-6-5-7-9-14/h5-13,15H,1-4H3/b11-10+/t13-,15-/m0/s1. The van der Waals surface area contributed by atoms with Gasteiger partial charge >= 0.3 is 0 Å². The van der Waals surface area contributed by atoms with Crippen LogP contribution in [0.3, 0.4) is 0 Å². The molecule has 0 amide bonds. The molecule has 0 saturated heterocycles. The molecule has 2 nitrogen and oxygen atoms in total. The molecule has 0 radical (unpaired) electrons. The van der Waals surface area contributed by atoms with Crippen molar-refractivity contribution < 1.29 is 9.22 Å². The van der Waals surface area contributed by atoms with Gasteiger partial charge in [0, 0.05) is 5.92 Å². The summed E-state index contributed by atoms with van der Waals surface area (Å²) in [6.45, 7) is 8.29. The van der Waals surface area contributed by atoms with E-state index >= 15 is 0 Å². The summed E-state index contributed by atoms with van der Waals surface area (Å²) in [5.41, 5.74) is 1.12. The van der Waals surface area contributed by atoms with Crippen LogP contribution in [0, 0.1) is 5.92 Å². The Bertz CT molecular complexity index is 393. The van der Waals surface area contributed by atoms with Gasteiger partial charge in [-0.15, -0.1) is 0 Å².